The third-order valence-electron chi connectivity index (χ3n) is 5.61. The van der Waals surface area contributed by atoms with Gasteiger partial charge in [-0.15, -0.1) is 0 Å². The molecule has 0 aliphatic rings. The summed E-state index contributed by atoms with van der Waals surface area (Å²) >= 11 is 0. The van der Waals surface area contributed by atoms with Crippen LogP contribution in [0.2, 0.25) is 0 Å². The number of anilines is 1. The molecule has 0 spiro atoms. The molecule has 6 rings (SSSR count). The van der Waals surface area contributed by atoms with Gasteiger partial charge in [0.2, 0.25) is 0 Å². The molecule has 0 aliphatic carbocycles. The molecule has 0 saturated heterocycles. The summed E-state index contributed by atoms with van der Waals surface area (Å²) in [5, 5.41) is 9.40. The predicted octanol–water partition coefficient (Wildman–Crippen LogP) is 5.56. The Kier molecular flexibility index (Phi) is 4.01. The molecule has 0 unspecified atom stereocenters. The Labute approximate surface area is 182 Å². The van der Waals surface area contributed by atoms with Crippen molar-refractivity contribution in [1.82, 2.24) is 25.1 Å². The lowest BCUT2D eigenvalue weighted by atomic mass is 10.0. The summed E-state index contributed by atoms with van der Waals surface area (Å²) in [4.78, 5) is 12.0. The molecular formula is C25H17FN6. The summed E-state index contributed by atoms with van der Waals surface area (Å²) in [6.07, 6.45) is 5.08. The van der Waals surface area contributed by atoms with Crippen LogP contribution < -0.4 is 5.73 Å². The van der Waals surface area contributed by atoms with E-state index in [1.807, 2.05) is 36.4 Å². The molecule has 6 nitrogen and oxygen atoms in total. The van der Waals surface area contributed by atoms with Crippen molar-refractivity contribution in [1.29, 1.82) is 0 Å². The Bertz CT molecular complexity index is 1610. The third-order valence-corrected chi connectivity index (χ3v) is 5.61. The first-order chi connectivity index (χ1) is 15.7. The number of hydrogen-bond donors (Lipinski definition) is 3. The molecule has 4 aromatic heterocycles. The van der Waals surface area contributed by atoms with Crippen LogP contribution in [0.25, 0.3) is 55.6 Å². The van der Waals surface area contributed by atoms with E-state index in [0.717, 1.165) is 44.4 Å². The quantitative estimate of drug-likeness (QED) is 0.349. The van der Waals surface area contributed by atoms with E-state index in [1.54, 1.807) is 30.7 Å². The second kappa shape index (κ2) is 7.02. The predicted molar refractivity (Wildman–Crippen MR) is 124 cm³/mol. The molecular weight excluding hydrogens is 403 g/mol. The summed E-state index contributed by atoms with van der Waals surface area (Å²) in [7, 11) is 0. The summed E-state index contributed by atoms with van der Waals surface area (Å²) in [6, 6.07) is 18.5. The van der Waals surface area contributed by atoms with Gasteiger partial charge in [0.05, 0.1) is 16.9 Å². The number of H-pyrrole nitrogens is 2. The first-order valence-electron chi connectivity index (χ1n) is 10.1. The molecule has 32 heavy (non-hydrogen) atoms. The highest BCUT2D eigenvalue weighted by Gasteiger charge is 2.16. The fourth-order valence-corrected chi connectivity index (χ4v) is 4.08. The molecule has 4 heterocycles. The number of rotatable bonds is 3. The molecule has 0 fully saturated rings. The van der Waals surface area contributed by atoms with E-state index in [0.29, 0.717) is 16.9 Å². The SMILES string of the molecule is Nc1cncc(-c2ccc3[nH]nc(-c4cc5c(-c6ccccc6F)ccnc5[nH]4)c3c2)c1. The molecule has 7 heteroatoms. The van der Waals surface area contributed by atoms with Gasteiger partial charge in [-0.2, -0.15) is 5.10 Å². The number of nitrogens with one attached hydrogen (secondary N) is 2. The number of pyridine rings is 2. The van der Waals surface area contributed by atoms with Crippen LogP contribution in [0.3, 0.4) is 0 Å². The molecule has 0 radical (unpaired) electrons. The van der Waals surface area contributed by atoms with Gasteiger partial charge in [0.15, 0.2) is 0 Å². The van der Waals surface area contributed by atoms with E-state index in [4.69, 9.17) is 5.73 Å². The number of halogens is 1. The summed E-state index contributed by atoms with van der Waals surface area (Å²) < 4.78 is 14.5. The lowest BCUT2D eigenvalue weighted by Gasteiger charge is -2.04. The van der Waals surface area contributed by atoms with Crippen molar-refractivity contribution in [3.8, 4) is 33.6 Å². The van der Waals surface area contributed by atoms with Crippen LogP contribution >= 0.6 is 0 Å². The van der Waals surface area contributed by atoms with Crippen molar-refractivity contribution >= 4 is 27.6 Å². The second-order valence-electron chi connectivity index (χ2n) is 7.62. The zero-order chi connectivity index (χ0) is 21.7. The van der Waals surface area contributed by atoms with Crippen molar-refractivity contribution < 1.29 is 4.39 Å². The Morgan fingerprint density at radius 1 is 0.844 bits per heavy atom. The number of nitrogens with zero attached hydrogens (tertiary/aromatic N) is 3. The van der Waals surface area contributed by atoms with Gasteiger partial charge < -0.3 is 10.7 Å². The van der Waals surface area contributed by atoms with Crippen LogP contribution in [0.4, 0.5) is 10.1 Å². The zero-order valence-corrected chi connectivity index (χ0v) is 16.8. The Morgan fingerprint density at radius 3 is 2.62 bits per heavy atom. The number of benzene rings is 2. The highest BCUT2D eigenvalue weighted by Crippen LogP contribution is 2.35. The fourth-order valence-electron chi connectivity index (χ4n) is 4.08. The van der Waals surface area contributed by atoms with E-state index >= 15 is 0 Å². The van der Waals surface area contributed by atoms with Gasteiger partial charge in [0.25, 0.3) is 0 Å². The summed E-state index contributed by atoms with van der Waals surface area (Å²) in [6.45, 7) is 0. The number of hydrogen-bond acceptors (Lipinski definition) is 4. The van der Waals surface area contributed by atoms with E-state index in [2.05, 4.69) is 31.2 Å². The van der Waals surface area contributed by atoms with Gasteiger partial charge in [-0.1, -0.05) is 24.3 Å². The average Bonchev–Trinajstić information content (AvgIpc) is 3.43. The molecule has 6 aromatic rings. The molecule has 2 aromatic carbocycles. The maximum absolute atomic E-state index is 14.5. The van der Waals surface area contributed by atoms with Crippen molar-refractivity contribution in [3.63, 3.8) is 0 Å². The van der Waals surface area contributed by atoms with Gasteiger partial charge in [-0.3, -0.25) is 10.1 Å². The third kappa shape index (κ3) is 2.91. The minimum Gasteiger partial charge on any atom is -0.397 e. The lowest BCUT2D eigenvalue weighted by molar-refractivity contribution is 0.631. The lowest BCUT2D eigenvalue weighted by Crippen LogP contribution is -1.87. The van der Waals surface area contributed by atoms with Crippen LogP contribution in [0.15, 0.2) is 79.3 Å². The minimum atomic E-state index is -0.270. The number of nitrogen functional groups attached to an aromatic ring is 1. The smallest absolute Gasteiger partial charge is 0.138 e. The second-order valence-corrected chi connectivity index (χ2v) is 7.62. The van der Waals surface area contributed by atoms with Gasteiger partial charge >= 0.3 is 0 Å². The molecule has 0 bridgehead atoms. The highest BCUT2D eigenvalue weighted by atomic mass is 19.1. The monoisotopic (exact) mass is 420 g/mol. The number of aromatic amines is 2. The fraction of sp³-hybridized carbons (Fsp3) is 0. The number of fused-ring (bicyclic) bond motifs is 2. The van der Waals surface area contributed by atoms with Crippen molar-refractivity contribution in [3.05, 3.63) is 85.1 Å². The maximum atomic E-state index is 14.5. The van der Waals surface area contributed by atoms with Crippen LogP contribution in [-0.4, -0.2) is 25.1 Å². The number of aromatic nitrogens is 5. The van der Waals surface area contributed by atoms with Gasteiger partial charge in [0.1, 0.15) is 17.2 Å². The van der Waals surface area contributed by atoms with E-state index < -0.39 is 0 Å². The summed E-state index contributed by atoms with van der Waals surface area (Å²) in [5.41, 5.74) is 12.9. The normalized spacial score (nSPS) is 11.4. The first kappa shape index (κ1) is 18.3. The largest absolute Gasteiger partial charge is 0.397 e. The average molecular weight is 420 g/mol. The Morgan fingerprint density at radius 2 is 1.75 bits per heavy atom. The van der Waals surface area contributed by atoms with Crippen LogP contribution in [0, 0.1) is 5.82 Å². The highest BCUT2D eigenvalue weighted by molar-refractivity contribution is 6.00. The molecule has 4 N–H and O–H groups in total. The van der Waals surface area contributed by atoms with E-state index in [1.165, 1.54) is 6.07 Å². The number of nitrogens with two attached hydrogens (primary N) is 1. The van der Waals surface area contributed by atoms with Gasteiger partial charge in [-0.05, 0) is 47.5 Å². The standard InChI is InChI=1S/C25H17FN6/c26-21-4-2-1-3-18(21)17-7-8-29-25-19(17)11-23(30-25)24-20-10-14(5-6-22(20)31-32-24)15-9-16(27)13-28-12-15/h1-13H,27H2,(H,29,30)(H,31,32). The zero-order valence-electron chi connectivity index (χ0n) is 16.8. The minimum absolute atomic E-state index is 0.270. The topological polar surface area (TPSA) is 96.3 Å². The van der Waals surface area contributed by atoms with Crippen molar-refractivity contribution in [2.75, 3.05) is 5.73 Å². The molecule has 0 atom stereocenters. The molecule has 0 amide bonds. The first-order valence-corrected chi connectivity index (χ1v) is 10.1. The molecule has 0 saturated carbocycles. The van der Waals surface area contributed by atoms with Crippen molar-refractivity contribution in [2.45, 2.75) is 0 Å². The Hall–Kier alpha value is -4.52. The van der Waals surface area contributed by atoms with Crippen LogP contribution in [-0.2, 0) is 0 Å². The van der Waals surface area contributed by atoms with Crippen LogP contribution in [0.1, 0.15) is 0 Å². The molecule has 0 aliphatic heterocycles. The maximum Gasteiger partial charge on any atom is 0.138 e. The summed E-state index contributed by atoms with van der Waals surface area (Å²) in [5.74, 6) is -0.270. The Balaban J connectivity index is 1.52. The van der Waals surface area contributed by atoms with E-state index in [9.17, 15) is 4.39 Å². The van der Waals surface area contributed by atoms with Gasteiger partial charge in [-0.25, -0.2) is 9.37 Å². The van der Waals surface area contributed by atoms with E-state index in [-0.39, 0.29) is 5.82 Å². The van der Waals surface area contributed by atoms with Gasteiger partial charge in [0, 0.05) is 40.5 Å². The van der Waals surface area contributed by atoms with Crippen LogP contribution in [0.5, 0.6) is 0 Å². The molecule has 154 valence electrons. The van der Waals surface area contributed by atoms with Crippen molar-refractivity contribution in [2.24, 2.45) is 0 Å².